The van der Waals surface area contributed by atoms with Crippen molar-refractivity contribution in [3.63, 3.8) is 0 Å². The standard InChI is InChI=1S/C13H24N2O2/c1-11(4-5-12(16)17)6-8-15-9-7-13(2,3)10-14/h11,15H,4-9H2,1-3H3,(H,16,17). The zero-order valence-electron chi connectivity index (χ0n) is 11.1. The summed E-state index contributed by atoms with van der Waals surface area (Å²) in [5, 5.41) is 20.7. The van der Waals surface area contributed by atoms with Crippen LogP contribution >= 0.6 is 0 Å². The van der Waals surface area contributed by atoms with Gasteiger partial charge in [0.25, 0.3) is 0 Å². The van der Waals surface area contributed by atoms with Crippen LogP contribution in [0.3, 0.4) is 0 Å². The third-order valence-electron chi connectivity index (χ3n) is 2.89. The Kier molecular flexibility index (Phi) is 7.56. The molecule has 0 heterocycles. The molecule has 0 rings (SSSR count). The Morgan fingerprint density at radius 2 is 2.06 bits per heavy atom. The highest BCUT2D eigenvalue weighted by Crippen LogP contribution is 2.17. The fourth-order valence-electron chi connectivity index (χ4n) is 1.44. The summed E-state index contributed by atoms with van der Waals surface area (Å²) in [5.41, 5.74) is -0.262. The number of nitrogens with one attached hydrogen (secondary N) is 1. The first kappa shape index (κ1) is 15.9. The van der Waals surface area contributed by atoms with Crippen LogP contribution in [-0.2, 0) is 4.79 Å². The monoisotopic (exact) mass is 240 g/mol. The lowest BCUT2D eigenvalue weighted by Gasteiger charge is -2.16. The SMILES string of the molecule is CC(CCNCCC(C)(C)C#N)CCC(=O)O. The van der Waals surface area contributed by atoms with Crippen LogP contribution in [0, 0.1) is 22.7 Å². The van der Waals surface area contributed by atoms with Crippen molar-refractivity contribution in [3.8, 4) is 6.07 Å². The van der Waals surface area contributed by atoms with Crippen LogP contribution in [0.25, 0.3) is 0 Å². The summed E-state index contributed by atoms with van der Waals surface area (Å²) < 4.78 is 0. The van der Waals surface area contributed by atoms with Gasteiger partial charge in [-0.3, -0.25) is 4.79 Å². The zero-order chi connectivity index (χ0) is 13.3. The van der Waals surface area contributed by atoms with Crippen molar-refractivity contribution in [2.45, 2.75) is 46.5 Å². The summed E-state index contributed by atoms with van der Waals surface area (Å²) in [5.74, 6) is -0.289. The van der Waals surface area contributed by atoms with E-state index in [0.717, 1.165) is 32.4 Å². The smallest absolute Gasteiger partial charge is 0.303 e. The second-order valence-corrected chi connectivity index (χ2v) is 5.32. The normalized spacial score (nSPS) is 13.1. The van der Waals surface area contributed by atoms with E-state index in [1.165, 1.54) is 0 Å². The molecule has 0 radical (unpaired) electrons. The number of carboxylic acid groups (broad SMARTS) is 1. The predicted octanol–water partition coefficient (Wildman–Crippen LogP) is 2.41. The maximum Gasteiger partial charge on any atom is 0.303 e. The third-order valence-corrected chi connectivity index (χ3v) is 2.89. The molecule has 1 unspecified atom stereocenters. The van der Waals surface area contributed by atoms with Gasteiger partial charge >= 0.3 is 5.97 Å². The first-order valence-electron chi connectivity index (χ1n) is 6.21. The van der Waals surface area contributed by atoms with Crippen molar-refractivity contribution in [1.82, 2.24) is 5.32 Å². The van der Waals surface area contributed by atoms with Gasteiger partial charge in [-0.05, 0) is 52.1 Å². The molecule has 0 aromatic rings. The van der Waals surface area contributed by atoms with E-state index < -0.39 is 5.97 Å². The quantitative estimate of drug-likeness (QED) is 0.607. The highest BCUT2D eigenvalue weighted by Gasteiger charge is 2.15. The second-order valence-electron chi connectivity index (χ2n) is 5.32. The molecule has 98 valence electrons. The Labute approximate surface area is 104 Å². The van der Waals surface area contributed by atoms with Crippen LogP contribution in [0.15, 0.2) is 0 Å². The summed E-state index contributed by atoms with van der Waals surface area (Å²) in [7, 11) is 0. The third kappa shape index (κ3) is 9.83. The predicted molar refractivity (Wildman–Crippen MR) is 67.5 cm³/mol. The van der Waals surface area contributed by atoms with Gasteiger partial charge in [0.1, 0.15) is 0 Å². The molecule has 4 heteroatoms. The Morgan fingerprint density at radius 3 is 2.59 bits per heavy atom. The molecule has 0 fully saturated rings. The van der Waals surface area contributed by atoms with Gasteiger partial charge in [0.05, 0.1) is 11.5 Å². The molecule has 1 atom stereocenters. The Bertz CT molecular complexity index is 269. The maximum absolute atomic E-state index is 10.4. The lowest BCUT2D eigenvalue weighted by atomic mass is 9.91. The van der Waals surface area contributed by atoms with E-state index in [2.05, 4.69) is 18.3 Å². The molecule has 0 spiro atoms. The molecular weight excluding hydrogens is 216 g/mol. The number of nitriles is 1. The van der Waals surface area contributed by atoms with Gasteiger partial charge in [-0.2, -0.15) is 5.26 Å². The highest BCUT2D eigenvalue weighted by atomic mass is 16.4. The van der Waals surface area contributed by atoms with Gasteiger partial charge in [0.15, 0.2) is 0 Å². The Morgan fingerprint density at radius 1 is 1.41 bits per heavy atom. The first-order chi connectivity index (χ1) is 7.87. The number of nitrogens with zero attached hydrogens (tertiary/aromatic N) is 1. The molecule has 0 aliphatic rings. The van der Waals surface area contributed by atoms with E-state index in [1.54, 1.807) is 0 Å². The van der Waals surface area contributed by atoms with Crippen molar-refractivity contribution in [1.29, 1.82) is 5.26 Å². The molecule has 0 bridgehead atoms. The van der Waals surface area contributed by atoms with Crippen molar-refractivity contribution in [3.05, 3.63) is 0 Å². The van der Waals surface area contributed by atoms with E-state index in [0.29, 0.717) is 5.92 Å². The number of hydrogen-bond donors (Lipinski definition) is 2. The van der Waals surface area contributed by atoms with Crippen molar-refractivity contribution in [2.24, 2.45) is 11.3 Å². The van der Waals surface area contributed by atoms with Gasteiger partial charge in [0.2, 0.25) is 0 Å². The minimum absolute atomic E-state index is 0.253. The van der Waals surface area contributed by atoms with E-state index in [4.69, 9.17) is 10.4 Å². The van der Waals surface area contributed by atoms with Crippen LogP contribution in [0.1, 0.15) is 46.5 Å². The summed E-state index contributed by atoms with van der Waals surface area (Å²) in [6.07, 6.45) is 2.82. The Hall–Kier alpha value is -1.08. The fraction of sp³-hybridized carbons (Fsp3) is 0.846. The lowest BCUT2D eigenvalue weighted by Crippen LogP contribution is -2.23. The average molecular weight is 240 g/mol. The Balaban J connectivity index is 3.46. The number of rotatable bonds is 9. The van der Waals surface area contributed by atoms with Crippen LogP contribution in [0.5, 0.6) is 0 Å². The number of carboxylic acids is 1. The number of carbonyl (C=O) groups is 1. The summed E-state index contributed by atoms with van der Waals surface area (Å²) in [6, 6.07) is 2.27. The van der Waals surface area contributed by atoms with Crippen LogP contribution in [-0.4, -0.2) is 24.2 Å². The van der Waals surface area contributed by atoms with Gasteiger partial charge < -0.3 is 10.4 Å². The molecule has 4 nitrogen and oxygen atoms in total. The van der Waals surface area contributed by atoms with E-state index in [9.17, 15) is 4.79 Å². The molecule has 0 aliphatic heterocycles. The van der Waals surface area contributed by atoms with Crippen LogP contribution in [0.4, 0.5) is 0 Å². The molecule has 0 aromatic carbocycles. The van der Waals surface area contributed by atoms with Gasteiger partial charge in [-0.25, -0.2) is 0 Å². The second kappa shape index (κ2) is 8.08. The molecule has 0 saturated heterocycles. The summed E-state index contributed by atoms with van der Waals surface area (Å²) in [6.45, 7) is 7.67. The van der Waals surface area contributed by atoms with E-state index >= 15 is 0 Å². The lowest BCUT2D eigenvalue weighted by molar-refractivity contribution is -0.137. The fourth-order valence-corrected chi connectivity index (χ4v) is 1.44. The molecule has 0 aliphatic carbocycles. The van der Waals surface area contributed by atoms with E-state index in [1.807, 2.05) is 13.8 Å². The summed E-state index contributed by atoms with van der Waals surface area (Å²) in [4.78, 5) is 10.4. The van der Waals surface area contributed by atoms with Gasteiger partial charge in [-0.15, -0.1) is 0 Å². The van der Waals surface area contributed by atoms with Crippen molar-refractivity contribution >= 4 is 5.97 Å². The minimum atomic E-state index is -0.722. The first-order valence-corrected chi connectivity index (χ1v) is 6.21. The molecule has 2 N–H and O–H groups in total. The number of aliphatic carboxylic acids is 1. The average Bonchev–Trinajstić information content (AvgIpc) is 2.25. The van der Waals surface area contributed by atoms with Crippen LogP contribution < -0.4 is 5.32 Å². The zero-order valence-corrected chi connectivity index (χ0v) is 11.1. The minimum Gasteiger partial charge on any atom is -0.481 e. The van der Waals surface area contributed by atoms with Crippen LogP contribution in [0.2, 0.25) is 0 Å². The maximum atomic E-state index is 10.4. The van der Waals surface area contributed by atoms with Gasteiger partial charge in [0, 0.05) is 6.42 Å². The molecule has 0 amide bonds. The molecule has 17 heavy (non-hydrogen) atoms. The number of hydrogen-bond acceptors (Lipinski definition) is 3. The highest BCUT2D eigenvalue weighted by molar-refractivity contribution is 5.66. The molecule has 0 saturated carbocycles. The summed E-state index contributed by atoms with van der Waals surface area (Å²) >= 11 is 0. The topological polar surface area (TPSA) is 73.1 Å². The van der Waals surface area contributed by atoms with Crippen molar-refractivity contribution < 1.29 is 9.90 Å². The van der Waals surface area contributed by atoms with Gasteiger partial charge in [-0.1, -0.05) is 6.92 Å². The largest absolute Gasteiger partial charge is 0.481 e. The van der Waals surface area contributed by atoms with Crippen molar-refractivity contribution in [2.75, 3.05) is 13.1 Å². The van der Waals surface area contributed by atoms with E-state index in [-0.39, 0.29) is 11.8 Å². The molecular formula is C13H24N2O2. The molecule has 0 aromatic heterocycles.